The fourth-order valence-electron chi connectivity index (χ4n) is 4.14. The van der Waals surface area contributed by atoms with Gasteiger partial charge in [-0.1, -0.05) is 36.4 Å². The van der Waals surface area contributed by atoms with Crippen LogP contribution < -0.4 is 0 Å². The van der Waals surface area contributed by atoms with Crippen molar-refractivity contribution in [3.8, 4) is 0 Å². The molecule has 3 aromatic rings. The molecule has 2 heterocycles. The first-order valence-corrected chi connectivity index (χ1v) is 12.1. The Labute approximate surface area is 211 Å². The second-order valence-corrected chi connectivity index (χ2v) is 10.4. The monoisotopic (exact) mass is 576 g/mol. The third-order valence-electron chi connectivity index (χ3n) is 5.60. The Balaban J connectivity index is 1.79. The van der Waals surface area contributed by atoms with Crippen molar-refractivity contribution in [3.63, 3.8) is 0 Å². The molecule has 2 aromatic carbocycles. The number of halogens is 2. The van der Waals surface area contributed by atoms with Crippen LogP contribution in [0.3, 0.4) is 0 Å². The van der Waals surface area contributed by atoms with E-state index in [1.807, 2.05) is 73.7 Å². The van der Waals surface area contributed by atoms with Crippen LogP contribution in [0.15, 0.2) is 48.5 Å². The van der Waals surface area contributed by atoms with Crippen LogP contribution in [0.25, 0.3) is 10.9 Å². The number of aromatic nitrogens is 1. The van der Waals surface area contributed by atoms with Gasteiger partial charge in [0.1, 0.15) is 12.4 Å². The maximum Gasteiger partial charge on any atom is 0.417 e. The minimum absolute atomic E-state index is 0.0996. The SMILES string of the molecule is Cc1nc2cccc(F)c2c(I)c1[C@H](OC(C)(C)C)C(=O)N1C(=O)OC[C@H]1Cc1ccccc1. The van der Waals surface area contributed by atoms with E-state index < -0.39 is 35.6 Å². The molecule has 2 amide bonds. The summed E-state index contributed by atoms with van der Waals surface area (Å²) in [5, 5.41) is 0.323. The average Bonchev–Trinajstić information content (AvgIpc) is 3.12. The van der Waals surface area contributed by atoms with Gasteiger partial charge in [0.25, 0.3) is 5.91 Å². The van der Waals surface area contributed by atoms with E-state index in [-0.39, 0.29) is 6.61 Å². The molecule has 0 radical (unpaired) electrons. The number of hydrogen-bond acceptors (Lipinski definition) is 5. The standard InChI is InChI=1S/C26H26FIN2O4/c1-15-20(22(28)21-18(27)11-8-12-19(21)29-15)23(34-26(2,3)4)24(31)30-17(14-33-25(30)32)13-16-9-6-5-7-10-16/h5-12,17,23H,13-14H2,1-4H3/t17-,23+/m1/s1. The molecule has 1 saturated heterocycles. The summed E-state index contributed by atoms with van der Waals surface area (Å²) in [4.78, 5) is 32.3. The van der Waals surface area contributed by atoms with Crippen molar-refractivity contribution < 1.29 is 23.5 Å². The van der Waals surface area contributed by atoms with Gasteiger partial charge in [0.15, 0.2) is 6.10 Å². The smallest absolute Gasteiger partial charge is 0.417 e. The Morgan fingerprint density at radius 2 is 1.94 bits per heavy atom. The van der Waals surface area contributed by atoms with Crippen LogP contribution in [-0.4, -0.2) is 40.1 Å². The molecule has 2 atom stereocenters. The number of aryl methyl sites for hydroxylation is 1. The van der Waals surface area contributed by atoms with E-state index in [0.29, 0.717) is 32.2 Å². The van der Waals surface area contributed by atoms with E-state index in [9.17, 15) is 14.0 Å². The summed E-state index contributed by atoms with van der Waals surface area (Å²) in [6.45, 7) is 7.34. The summed E-state index contributed by atoms with van der Waals surface area (Å²) in [6, 6.07) is 13.8. The molecule has 0 bridgehead atoms. The van der Waals surface area contributed by atoms with Crippen molar-refractivity contribution in [3.05, 3.63) is 74.7 Å². The first kappa shape index (κ1) is 24.5. The molecule has 0 saturated carbocycles. The number of benzene rings is 2. The molecule has 4 rings (SSSR count). The molecule has 1 aliphatic rings. The zero-order chi connectivity index (χ0) is 24.6. The number of carbonyl (C=O) groups is 2. The van der Waals surface area contributed by atoms with E-state index in [0.717, 1.165) is 10.5 Å². The number of carbonyl (C=O) groups excluding carboxylic acids is 2. The molecule has 0 aliphatic carbocycles. The molecular formula is C26H26FIN2O4. The fraction of sp³-hybridized carbons (Fsp3) is 0.346. The normalized spacial score (nSPS) is 17.2. The largest absolute Gasteiger partial charge is 0.447 e. The molecule has 8 heteroatoms. The highest BCUT2D eigenvalue weighted by Gasteiger charge is 2.44. The number of pyridine rings is 1. The minimum Gasteiger partial charge on any atom is -0.447 e. The van der Waals surface area contributed by atoms with Gasteiger partial charge in [-0.3, -0.25) is 9.78 Å². The number of amides is 2. The van der Waals surface area contributed by atoms with Gasteiger partial charge in [-0.25, -0.2) is 14.1 Å². The summed E-state index contributed by atoms with van der Waals surface area (Å²) in [5.41, 5.74) is 1.75. The Morgan fingerprint density at radius 1 is 1.24 bits per heavy atom. The Hall–Kier alpha value is -2.59. The topological polar surface area (TPSA) is 68.7 Å². The lowest BCUT2D eigenvalue weighted by molar-refractivity contribution is -0.152. The quantitative estimate of drug-likeness (QED) is 0.363. The van der Waals surface area contributed by atoms with Gasteiger partial charge in [0.2, 0.25) is 0 Å². The third-order valence-corrected chi connectivity index (χ3v) is 6.72. The number of ether oxygens (including phenoxy) is 2. The van der Waals surface area contributed by atoms with Crippen LogP contribution in [0.1, 0.15) is 43.7 Å². The Bertz CT molecular complexity index is 1240. The second kappa shape index (κ2) is 9.58. The predicted octanol–water partition coefficient (Wildman–Crippen LogP) is 5.73. The highest BCUT2D eigenvalue weighted by atomic mass is 127. The second-order valence-electron chi connectivity index (χ2n) is 9.30. The van der Waals surface area contributed by atoms with Crippen LogP contribution in [-0.2, 0) is 20.7 Å². The summed E-state index contributed by atoms with van der Waals surface area (Å²) >= 11 is 2.04. The van der Waals surface area contributed by atoms with Crippen LogP contribution in [0.2, 0.25) is 0 Å². The van der Waals surface area contributed by atoms with Gasteiger partial charge < -0.3 is 9.47 Å². The van der Waals surface area contributed by atoms with E-state index in [1.54, 1.807) is 19.1 Å². The molecule has 6 nitrogen and oxygen atoms in total. The summed E-state index contributed by atoms with van der Waals surface area (Å²) in [7, 11) is 0. The van der Waals surface area contributed by atoms with Crippen molar-refractivity contribution >= 4 is 45.5 Å². The molecule has 0 spiro atoms. The predicted molar refractivity (Wildman–Crippen MR) is 135 cm³/mol. The highest BCUT2D eigenvalue weighted by Crippen LogP contribution is 2.37. The molecule has 0 N–H and O–H groups in total. The van der Waals surface area contributed by atoms with Crippen LogP contribution in [0.5, 0.6) is 0 Å². The Morgan fingerprint density at radius 3 is 2.62 bits per heavy atom. The van der Waals surface area contributed by atoms with Crippen molar-refractivity contribution in [2.75, 3.05) is 6.61 Å². The van der Waals surface area contributed by atoms with E-state index >= 15 is 0 Å². The van der Waals surface area contributed by atoms with E-state index in [2.05, 4.69) is 4.98 Å². The van der Waals surface area contributed by atoms with E-state index in [1.165, 1.54) is 6.07 Å². The molecule has 0 unspecified atom stereocenters. The zero-order valence-electron chi connectivity index (χ0n) is 19.5. The molecule has 1 aromatic heterocycles. The van der Waals surface area contributed by atoms with Crippen LogP contribution in [0.4, 0.5) is 9.18 Å². The first-order chi connectivity index (χ1) is 16.1. The molecule has 178 valence electrons. The number of rotatable bonds is 5. The lowest BCUT2D eigenvalue weighted by Crippen LogP contribution is -2.45. The summed E-state index contributed by atoms with van der Waals surface area (Å²) in [6.07, 6.45) is -1.41. The first-order valence-electron chi connectivity index (χ1n) is 11.0. The lowest BCUT2D eigenvalue weighted by Gasteiger charge is -2.31. The average molecular weight is 576 g/mol. The number of nitrogens with zero attached hydrogens (tertiary/aromatic N) is 2. The van der Waals surface area contributed by atoms with Gasteiger partial charge >= 0.3 is 6.09 Å². The fourth-order valence-corrected chi connectivity index (χ4v) is 5.35. The van der Waals surface area contributed by atoms with Crippen molar-refractivity contribution in [2.24, 2.45) is 0 Å². The van der Waals surface area contributed by atoms with Crippen LogP contribution >= 0.6 is 22.6 Å². The van der Waals surface area contributed by atoms with Crippen molar-refractivity contribution in [1.29, 1.82) is 0 Å². The summed E-state index contributed by atoms with van der Waals surface area (Å²) in [5.74, 6) is -0.975. The zero-order valence-corrected chi connectivity index (χ0v) is 21.6. The molecule has 1 aliphatic heterocycles. The molecule has 34 heavy (non-hydrogen) atoms. The maximum absolute atomic E-state index is 14.8. The van der Waals surface area contributed by atoms with E-state index in [4.69, 9.17) is 9.47 Å². The number of fused-ring (bicyclic) bond motifs is 1. The maximum atomic E-state index is 14.8. The van der Waals surface area contributed by atoms with Gasteiger partial charge in [-0.15, -0.1) is 0 Å². The Kier molecular flexibility index (Phi) is 6.91. The van der Waals surface area contributed by atoms with Crippen molar-refractivity contribution in [1.82, 2.24) is 9.88 Å². The lowest BCUT2D eigenvalue weighted by atomic mass is 10.0. The number of cyclic esters (lactones) is 1. The van der Waals surface area contributed by atoms with Crippen LogP contribution in [0, 0.1) is 16.3 Å². The van der Waals surface area contributed by atoms with Gasteiger partial charge in [-0.05, 0) is 74.4 Å². The van der Waals surface area contributed by atoms with Gasteiger partial charge in [0.05, 0.1) is 17.2 Å². The summed E-state index contributed by atoms with van der Waals surface area (Å²) < 4.78 is 26.8. The minimum atomic E-state index is -1.16. The number of imide groups is 1. The van der Waals surface area contributed by atoms with Crippen molar-refractivity contribution in [2.45, 2.75) is 51.9 Å². The van der Waals surface area contributed by atoms with Gasteiger partial charge in [-0.2, -0.15) is 0 Å². The molecule has 1 fully saturated rings. The molecular weight excluding hydrogens is 550 g/mol. The number of hydrogen-bond donors (Lipinski definition) is 0. The highest BCUT2D eigenvalue weighted by molar-refractivity contribution is 14.1. The van der Waals surface area contributed by atoms with Gasteiger partial charge in [0, 0.05) is 20.2 Å². The third kappa shape index (κ3) is 4.93.